The molecule has 0 aliphatic carbocycles. The first-order chi connectivity index (χ1) is 13.5. The van der Waals surface area contributed by atoms with Crippen molar-refractivity contribution in [3.8, 4) is 5.88 Å². The number of amides is 2. The zero-order valence-electron chi connectivity index (χ0n) is 15.6. The van der Waals surface area contributed by atoms with Crippen LogP contribution in [0.15, 0.2) is 30.5 Å². The smallest absolute Gasteiger partial charge is 0.256 e. The number of hydrogen-bond acceptors (Lipinski definition) is 7. The Kier molecular flexibility index (Phi) is 6.17. The van der Waals surface area contributed by atoms with E-state index in [-0.39, 0.29) is 12.5 Å². The van der Waals surface area contributed by atoms with Crippen molar-refractivity contribution in [2.24, 2.45) is 5.73 Å². The minimum atomic E-state index is -1.00. The molecule has 0 fully saturated rings. The molecular weight excluding hydrogens is 362 g/mol. The van der Waals surface area contributed by atoms with Crippen LogP contribution in [0.25, 0.3) is 0 Å². The molecule has 4 N–H and O–H groups in total. The first kappa shape index (κ1) is 19.7. The lowest BCUT2D eigenvalue weighted by Gasteiger charge is -2.14. The standard InChI is InChI=1S/C19H23N5O4/c1-28-18-12(9-22-17(26)15(20)11-25)8-14-16(23-18)10-24(19(14)27)7-5-13-4-2-3-6-21-13/h2-4,6,8,15,25H,5,7,9-11,20H2,1H3,(H,22,26)/t15-/m0/s1. The molecule has 0 aromatic carbocycles. The SMILES string of the molecule is COc1nc2c(cc1CNC(=O)[C@@H](N)CO)C(=O)N(CCc1ccccn1)C2. The second-order valence-corrected chi connectivity index (χ2v) is 6.46. The Morgan fingerprint density at radius 2 is 2.29 bits per heavy atom. The number of carbonyl (C=O) groups is 2. The first-order valence-corrected chi connectivity index (χ1v) is 8.93. The van der Waals surface area contributed by atoms with Crippen molar-refractivity contribution in [3.63, 3.8) is 0 Å². The number of aliphatic hydroxyl groups is 1. The van der Waals surface area contributed by atoms with E-state index in [1.807, 2.05) is 18.2 Å². The highest BCUT2D eigenvalue weighted by Gasteiger charge is 2.30. The van der Waals surface area contributed by atoms with Crippen LogP contribution >= 0.6 is 0 Å². The van der Waals surface area contributed by atoms with Gasteiger partial charge in [-0.2, -0.15) is 0 Å². The molecule has 0 spiro atoms. The maximum atomic E-state index is 12.7. The van der Waals surface area contributed by atoms with Crippen molar-refractivity contribution >= 4 is 11.8 Å². The zero-order valence-corrected chi connectivity index (χ0v) is 15.6. The quantitative estimate of drug-likeness (QED) is 0.564. The van der Waals surface area contributed by atoms with E-state index in [2.05, 4.69) is 15.3 Å². The lowest BCUT2D eigenvalue weighted by atomic mass is 10.1. The number of ether oxygens (including phenoxy) is 1. The minimum Gasteiger partial charge on any atom is -0.481 e. The number of rotatable bonds is 8. The maximum absolute atomic E-state index is 12.7. The molecule has 2 aromatic heterocycles. The lowest BCUT2D eigenvalue weighted by molar-refractivity contribution is -0.123. The van der Waals surface area contributed by atoms with Gasteiger partial charge in [-0.05, 0) is 18.2 Å². The number of methoxy groups -OCH3 is 1. The third kappa shape index (κ3) is 4.26. The molecule has 9 heteroatoms. The molecule has 0 radical (unpaired) electrons. The zero-order chi connectivity index (χ0) is 20.1. The van der Waals surface area contributed by atoms with Gasteiger partial charge in [-0.15, -0.1) is 0 Å². The van der Waals surface area contributed by atoms with E-state index < -0.39 is 18.6 Å². The number of nitrogens with two attached hydrogens (primary N) is 1. The molecule has 2 aromatic rings. The van der Waals surface area contributed by atoms with Gasteiger partial charge in [-0.3, -0.25) is 14.6 Å². The third-order valence-corrected chi connectivity index (χ3v) is 4.54. The van der Waals surface area contributed by atoms with Crippen LogP contribution < -0.4 is 15.8 Å². The molecular formula is C19H23N5O4. The second-order valence-electron chi connectivity index (χ2n) is 6.46. The van der Waals surface area contributed by atoms with Crippen LogP contribution in [0.5, 0.6) is 5.88 Å². The normalized spacial score (nSPS) is 14.0. The van der Waals surface area contributed by atoms with Crippen molar-refractivity contribution in [1.82, 2.24) is 20.2 Å². The Balaban J connectivity index is 1.71. The van der Waals surface area contributed by atoms with Crippen LogP contribution in [0, 0.1) is 0 Å². The summed E-state index contributed by atoms with van der Waals surface area (Å²) in [7, 11) is 1.48. The summed E-state index contributed by atoms with van der Waals surface area (Å²) in [5.74, 6) is -0.259. The number of pyridine rings is 2. The van der Waals surface area contributed by atoms with E-state index >= 15 is 0 Å². The van der Waals surface area contributed by atoms with Gasteiger partial charge in [0.25, 0.3) is 5.91 Å². The molecule has 1 aliphatic rings. The van der Waals surface area contributed by atoms with Gasteiger partial charge < -0.3 is 25.8 Å². The summed E-state index contributed by atoms with van der Waals surface area (Å²) in [6.45, 7) is 0.581. The van der Waals surface area contributed by atoms with Gasteiger partial charge in [0.1, 0.15) is 6.04 Å². The summed E-state index contributed by atoms with van der Waals surface area (Å²) in [4.78, 5) is 35.0. The Hall–Kier alpha value is -3.04. The van der Waals surface area contributed by atoms with Crippen LogP contribution in [0.2, 0.25) is 0 Å². The first-order valence-electron chi connectivity index (χ1n) is 8.93. The highest BCUT2D eigenvalue weighted by molar-refractivity contribution is 5.98. The Labute approximate surface area is 162 Å². The van der Waals surface area contributed by atoms with Gasteiger partial charge in [-0.1, -0.05) is 6.07 Å². The summed E-state index contributed by atoms with van der Waals surface area (Å²) in [5, 5.41) is 11.6. The average molecular weight is 385 g/mol. The molecule has 148 valence electrons. The molecule has 1 aliphatic heterocycles. The Morgan fingerprint density at radius 3 is 2.96 bits per heavy atom. The molecule has 0 saturated carbocycles. The van der Waals surface area contributed by atoms with Crippen molar-refractivity contribution < 1.29 is 19.4 Å². The van der Waals surface area contributed by atoms with Crippen LogP contribution in [-0.2, 0) is 24.3 Å². The van der Waals surface area contributed by atoms with Crippen molar-refractivity contribution in [3.05, 3.63) is 53.0 Å². The fourth-order valence-electron chi connectivity index (χ4n) is 2.98. The van der Waals surface area contributed by atoms with Crippen LogP contribution in [-0.4, -0.2) is 58.1 Å². The van der Waals surface area contributed by atoms with E-state index in [9.17, 15) is 9.59 Å². The van der Waals surface area contributed by atoms with Gasteiger partial charge in [0.05, 0.1) is 31.5 Å². The molecule has 9 nitrogen and oxygen atoms in total. The maximum Gasteiger partial charge on any atom is 0.256 e. The van der Waals surface area contributed by atoms with E-state index in [1.165, 1.54) is 7.11 Å². The second kappa shape index (κ2) is 8.77. The Bertz CT molecular complexity index is 859. The molecule has 2 amide bonds. The predicted octanol–water partition coefficient (Wildman–Crippen LogP) is -0.380. The van der Waals surface area contributed by atoms with Crippen molar-refractivity contribution in [1.29, 1.82) is 0 Å². The number of hydrogen-bond donors (Lipinski definition) is 3. The van der Waals surface area contributed by atoms with Crippen molar-refractivity contribution in [2.75, 3.05) is 20.3 Å². The van der Waals surface area contributed by atoms with Crippen molar-refractivity contribution in [2.45, 2.75) is 25.6 Å². The van der Waals surface area contributed by atoms with E-state index in [0.717, 1.165) is 5.69 Å². The molecule has 3 heterocycles. The van der Waals surface area contributed by atoms with Crippen LogP contribution in [0.3, 0.4) is 0 Å². The number of nitrogens with one attached hydrogen (secondary N) is 1. The van der Waals surface area contributed by atoms with Gasteiger partial charge >= 0.3 is 0 Å². The molecule has 28 heavy (non-hydrogen) atoms. The number of carbonyl (C=O) groups excluding carboxylic acids is 2. The van der Waals surface area contributed by atoms with Gasteiger partial charge in [0.2, 0.25) is 11.8 Å². The average Bonchev–Trinajstić information content (AvgIpc) is 3.04. The largest absolute Gasteiger partial charge is 0.481 e. The fourth-order valence-corrected chi connectivity index (χ4v) is 2.98. The summed E-state index contributed by atoms with van der Waals surface area (Å²) < 4.78 is 5.31. The highest BCUT2D eigenvalue weighted by atomic mass is 16.5. The molecule has 3 rings (SSSR count). The molecule has 0 unspecified atom stereocenters. The summed E-state index contributed by atoms with van der Waals surface area (Å²) >= 11 is 0. The third-order valence-electron chi connectivity index (χ3n) is 4.54. The monoisotopic (exact) mass is 385 g/mol. The predicted molar refractivity (Wildman–Crippen MR) is 100 cm³/mol. The molecule has 0 bridgehead atoms. The summed E-state index contributed by atoms with van der Waals surface area (Å²) in [6, 6.07) is 6.38. The topological polar surface area (TPSA) is 131 Å². The minimum absolute atomic E-state index is 0.0944. The number of nitrogens with zero attached hydrogens (tertiary/aromatic N) is 3. The van der Waals surface area contributed by atoms with Gasteiger partial charge in [0.15, 0.2) is 0 Å². The number of aromatic nitrogens is 2. The van der Waals surface area contributed by atoms with E-state index in [4.69, 9.17) is 15.6 Å². The van der Waals surface area contributed by atoms with Crippen LogP contribution in [0.1, 0.15) is 27.3 Å². The Morgan fingerprint density at radius 1 is 1.46 bits per heavy atom. The summed E-state index contributed by atoms with van der Waals surface area (Å²) in [5.41, 5.74) is 8.12. The van der Waals surface area contributed by atoms with E-state index in [1.54, 1.807) is 17.2 Å². The lowest BCUT2D eigenvalue weighted by Crippen LogP contribution is -2.42. The van der Waals surface area contributed by atoms with E-state index in [0.29, 0.717) is 42.2 Å². The fraction of sp³-hybridized carbons (Fsp3) is 0.368. The van der Waals surface area contributed by atoms with Crippen LogP contribution in [0.4, 0.5) is 0 Å². The number of aliphatic hydroxyl groups excluding tert-OH is 1. The molecule has 1 atom stereocenters. The van der Waals surface area contributed by atoms with Gasteiger partial charge in [-0.25, -0.2) is 4.98 Å². The number of fused-ring (bicyclic) bond motifs is 1. The summed E-state index contributed by atoms with van der Waals surface area (Å²) in [6.07, 6.45) is 2.38. The molecule has 0 saturated heterocycles. The highest BCUT2D eigenvalue weighted by Crippen LogP contribution is 2.27. The van der Waals surface area contributed by atoms with Gasteiger partial charge in [0, 0.05) is 37.0 Å².